The molecular weight excluding hydrogens is 447 g/mol. The molecule has 33 heavy (non-hydrogen) atoms. The smallest absolute Gasteiger partial charge is 0.318 e. The van der Waals surface area contributed by atoms with Gasteiger partial charge in [0.05, 0.1) is 0 Å². The lowest BCUT2D eigenvalue weighted by Crippen LogP contribution is -2.29. The maximum absolute atomic E-state index is 4.39. The molecule has 0 saturated heterocycles. The summed E-state index contributed by atoms with van der Waals surface area (Å²) >= 11 is 8.50. The highest BCUT2D eigenvalue weighted by atomic mass is 27.1. The van der Waals surface area contributed by atoms with Crippen LogP contribution in [0.3, 0.4) is 0 Å². The van der Waals surface area contributed by atoms with E-state index in [0.717, 1.165) is 54.4 Å². The molecule has 156 valence electrons. The SMILES string of the molecule is C=Cc1c(/C=C\C)[n]([Al])/c(=C/c2c(/C=c3\c(=C)c4ccccc4[n]3[Al])c(C)[n]([Al])c2C)c1=C. The van der Waals surface area contributed by atoms with Crippen LogP contribution in [0.25, 0.3) is 48.4 Å². The molecule has 6 heteroatoms. The van der Waals surface area contributed by atoms with E-state index in [4.69, 9.17) is 0 Å². The van der Waals surface area contributed by atoms with Crippen molar-refractivity contribution in [2.24, 2.45) is 0 Å². The summed E-state index contributed by atoms with van der Waals surface area (Å²) in [7, 11) is 0. The van der Waals surface area contributed by atoms with E-state index in [1.807, 2.05) is 19.1 Å². The van der Waals surface area contributed by atoms with Gasteiger partial charge >= 0.3 is 49.5 Å². The maximum atomic E-state index is 4.39. The summed E-state index contributed by atoms with van der Waals surface area (Å²) in [5.41, 5.74) is 7.92. The molecule has 0 aliphatic heterocycles. The zero-order chi connectivity index (χ0) is 24.0. The molecule has 6 radical (unpaired) electrons. The largest absolute Gasteiger partial charge is 0.458 e. The number of rotatable bonds is 4. The fourth-order valence-corrected chi connectivity index (χ4v) is 5.65. The highest BCUT2D eigenvalue weighted by Crippen LogP contribution is 2.23. The highest BCUT2D eigenvalue weighted by molar-refractivity contribution is 6.12. The Morgan fingerprint density at radius 2 is 1.36 bits per heavy atom. The van der Waals surface area contributed by atoms with Gasteiger partial charge in [-0.25, -0.2) is 0 Å². The third-order valence-corrected chi connectivity index (χ3v) is 8.26. The van der Waals surface area contributed by atoms with E-state index in [-0.39, 0.29) is 0 Å². The summed E-state index contributed by atoms with van der Waals surface area (Å²) in [4.78, 5) is 0. The van der Waals surface area contributed by atoms with Crippen LogP contribution in [0.4, 0.5) is 0 Å². The Hall–Kier alpha value is -2.12. The molecule has 0 amide bonds. The van der Waals surface area contributed by atoms with Gasteiger partial charge in [0.15, 0.2) is 0 Å². The number of nitrogens with zero attached hydrogens (tertiary/aromatic N) is 3. The van der Waals surface area contributed by atoms with Crippen molar-refractivity contribution in [3.8, 4) is 0 Å². The first-order valence-electron chi connectivity index (χ1n) is 10.7. The summed E-state index contributed by atoms with van der Waals surface area (Å²) < 4.78 is 6.41. The van der Waals surface area contributed by atoms with E-state index in [1.54, 1.807) is 0 Å². The van der Waals surface area contributed by atoms with Gasteiger partial charge in [0.1, 0.15) is 0 Å². The van der Waals surface area contributed by atoms with Crippen LogP contribution in [-0.4, -0.2) is 60.2 Å². The highest BCUT2D eigenvalue weighted by Gasteiger charge is 2.14. The van der Waals surface area contributed by atoms with Crippen LogP contribution in [0.1, 0.15) is 40.7 Å². The molecule has 0 spiro atoms. The van der Waals surface area contributed by atoms with Gasteiger partial charge in [0, 0.05) is 44.0 Å². The van der Waals surface area contributed by atoms with Crippen molar-refractivity contribution in [2.75, 3.05) is 0 Å². The van der Waals surface area contributed by atoms with E-state index in [2.05, 4.69) is 136 Å². The molecule has 0 saturated carbocycles. The number of aromatic nitrogens is 3. The average Bonchev–Trinajstić information content (AvgIpc) is 3.27. The van der Waals surface area contributed by atoms with Gasteiger partial charge in [0.2, 0.25) is 0 Å². The molecule has 0 fully saturated rings. The number of allylic oxidation sites excluding steroid dienone is 1. The number of hydrogen-bond acceptors (Lipinski definition) is 0. The topological polar surface area (TPSA) is 14.8 Å². The third-order valence-electron chi connectivity index (χ3n) is 6.37. The van der Waals surface area contributed by atoms with Crippen LogP contribution >= 0.6 is 0 Å². The molecule has 0 aliphatic rings. The van der Waals surface area contributed by atoms with Gasteiger partial charge in [-0.3, -0.25) is 0 Å². The molecule has 1 aromatic carbocycles. The first kappa shape index (κ1) is 24.0. The number of benzene rings is 1. The first-order valence-corrected chi connectivity index (χ1v) is 12.3. The average molecular weight is 471 g/mol. The Morgan fingerprint density at radius 3 is 1.91 bits per heavy atom. The minimum atomic E-state index is 0.964. The van der Waals surface area contributed by atoms with Crippen molar-refractivity contribution >= 4 is 97.9 Å². The summed E-state index contributed by atoms with van der Waals surface area (Å²) in [6.07, 6.45) is 10.5. The standard InChI is InChI=1S/C27H24N3.3Al/c1-7-11-24-20(8-2)16(3)26(29-24)14-22-18(5)28-19(6)23(22)15-27-17(4)21-12-9-10-13-25(21)30-27;;;/h7-15H,2-4H2,1,5-6H3;;;/q-3;3*+1/b11-7-,26-14+,27-15+;;;. The van der Waals surface area contributed by atoms with Gasteiger partial charge < -0.3 is 10.7 Å². The lowest BCUT2D eigenvalue weighted by Gasteiger charge is -2.03. The second kappa shape index (κ2) is 9.26. The second-order valence-electron chi connectivity index (χ2n) is 8.14. The van der Waals surface area contributed by atoms with Gasteiger partial charge in [0.25, 0.3) is 0 Å². The van der Waals surface area contributed by atoms with Crippen molar-refractivity contribution in [1.82, 2.24) is 10.7 Å². The summed E-state index contributed by atoms with van der Waals surface area (Å²) in [6.45, 7) is 19.1. The quantitative estimate of drug-likeness (QED) is 0.404. The molecule has 0 unspecified atom stereocenters. The van der Waals surface area contributed by atoms with Crippen molar-refractivity contribution in [2.45, 2.75) is 20.8 Å². The minimum Gasteiger partial charge on any atom is -0.458 e. The van der Waals surface area contributed by atoms with Gasteiger partial charge in [-0.1, -0.05) is 50.1 Å². The second-order valence-corrected chi connectivity index (χ2v) is 9.69. The first-order chi connectivity index (χ1) is 15.7. The minimum absolute atomic E-state index is 0.964. The summed E-state index contributed by atoms with van der Waals surface area (Å²) in [5, 5.41) is 5.27. The normalized spacial score (nSPS) is 13.1. The number of para-hydroxylation sites is 1. The number of hydrogen-bond donors (Lipinski definition) is 0. The van der Waals surface area contributed by atoms with Gasteiger partial charge in [-0.15, -0.1) is 0 Å². The maximum Gasteiger partial charge on any atom is 0.318 e. The monoisotopic (exact) mass is 471 g/mol. The molecule has 0 atom stereocenters. The predicted octanol–water partition coefficient (Wildman–Crippen LogP) is 1.81. The van der Waals surface area contributed by atoms with E-state index >= 15 is 0 Å². The van der Waals surface area contributed by atoms with Crippen molar-refractivity contribution in [3.05, 3.63) is 91.8 Å². The Morgan fingerprint density at radius 1 is 0.788 bits per heavy atom. The van der Waals surface area contributed by atoms with E-state index in [9.17, 15) is 0 Å². The number of fused-ring (bicyclic) bond motifs is 1. The fourth-order valence-electron chi connectivity index (χ4n) is 4.46. The van der Waals surface area contributed by atoms with Gasteiger partial charge in [-0.2, -0.15) is 0 Å². The molecule has 0 aliphatic carbocycles. The molecule has 0 N–H and O–H groups in total. The zero-order valence-corrected chi connectivity index (χ0v) is 22.9. The third kappa shape index (κ3) is 3.83. The van der Waals surface area contributed by atoms with E-state index in [1.165, 1.54) is 11.4 Å². The zero-order valence-electron chi connectivity index (χ0n) is 19.4. The van der Waals surface area contributed by atoms with Gasteiger partial charge in [-0.05, 0) is 66.9 Å². The molecule has 3 heterocycles. The van der Waals surface area contributed by atoms with Crippen LogP contribution in [0, 0.1) is 13.8 Å². The summed E-state index contributed by atoms with van der Waals surface area (Å²) in [5.74, 6) is 0. The van der Waals surface area contributed by atoms with Crippen LogP contribution in [0.5, 0.6) is 0 Å². The molecular formula is C27H24Al3N3. The fraction of sp³-hybridized carbons (Fsp3) is 0.111. The lowest BCUT2D eigenvalue weighted by molar-refractivity contribution is 1.08. The van der Waals surface area contributed by atoms with E-state index < -0.39 is 0 Å². The van der Waals surface area contributed by atoms with Crippen molar-refractivity contribution in [3.63, 3.8) is 0 Å². The summed E-state index contributed by atoms with van der Waals surface area (Å²) in [6, 6.07) is 8.36. The molecule has 3 nitrogen and oxygen atoms in total. The molecule has 0 bridgehead atoms. The van der Waals surface area contributed by atoms with Crippen LogP contribution < -0.4 is 21.1 Å². The Bertz CT molecular complexity index is 1680. The van der Waals surface area contributed by atoms with Crippen LogP contribution in [0.15, 0.2) is 36.9 Å². The Labute approximate surface area is 220 Å². The Kier molecular flexibility index (Phi) is 6.74. The van der Waals surface area contributed by atoms with Crippen molar-refractivity contribution in [1.29, 1.82) is 0 Å². The molecule has 3 aromatic heterocycles. The van der Waals surface area contributed by atoms with Crippen LogP contribution in [0.2, 0.25) is 0 Å². The lowest BCUT2D eigenvalue weighted by atomic mass is 10.1. The Balaban J connectivity index is 2.10. The molecule has 4 aromatic rings. The molecule has 4 rings (SSSR count). The predicted molar refractivity (Wildman–Crippen MR) is 145 cm³/mol. The van der Waals surface area contributed by atoms with Crippen molar-refractivity contribution < 1.29 is 0 Å². The van der Waals surface area contributed by atoms with Crippen LogP contribution in [-0.2, 0) is 0 Å². The van der Waals surface area contributed by atoms with E-state index in [0.29, 0.717) is 0 Å².